The van der Waals surface area contributed by atoms with E-state index in [2.05, 4.69) is 66.4 Å². The van der Waals surface area contributed by atoms with Gasteiger partial charge < -0.3 is 4.90 Å². The van der Waals surface area contributed by atoms with Gasteiger partial charge in [0.1, 0.15) is 39.2 Å². The van der Waals surface area contributed by atoms with Crippen LogP contribution in [-0.2, 0) is 0 Å². The average molecular weight is 789 g/mol. The lowest BCUT2D eigenvalue weighted by Gasteiger charge is -2.33. The molecular formula is C56H37B6N. The second-order valence-electron chi connectivity index (χ2n) is 14.7. The molecule has 0 saturated carbocycles. The lowest BCUT2D eigenvalue weighted by Crippen LogP contribution is -2.28. The van der Waals surface area contributed by atoms with Gasteiger partial charge in [-0.3, -0.25) is 0 Å². The minimum absolute atomic E-state index is 0.0456. The monoisotopic (exact) mass is 789 g/mol. The lowest BCUT2D eigenvalue weighted by atomic mass is 9.69. The van der Waals surface area contributed by atoms with E-state index in [0.717, 1.165) is 50.1 Å². The van der Waals surface area contributed by atoms with Crippen molar-refractivity contribution in [3.05, 3.63) is 232 Å². The molecule has 0 fully saturated rings. The highest BCUT2D eigenvalue weighted by Crippen LogP contribution is 2.45. The second kappa shape index (κ2) is 20.6. The van der Waals surface area contributed by atoms with Crippen molar-refractivity contribution in [1.82, 2.24) is 0 Å². The molecule has 0 unspecified atom stereocenters. The summed E-state index contributed by atoms with van der Waals surface area (Å²) in [6, 6.07) is 62.2. The van der Waals surface area contributed by atoms with Gasteiger partial charge >= 0.3 is 0 Å². The van der Waals surface area contributed by atoms with E-state index in [4.69, 9.17) is 59.9 Å². The molecule has 0 heterocycles. The van der Waals surface area contributed by atoms with Crippen LogP contribution < -0.4 is 4.90 Å². The summed E-state index contributed by atoms with van der Waals surface area (Å²) in [5.41, 5.74) is 12.3. The summed E-state index contributed by atoms with van der Waals surface area (Å²) in [6.45, 7) is -0.0456. The van der Waals surface area contributed by atoms with Gasteiger partial charge in [0, 0.05) is 12.1 Å². The van der Waals surface area contributed by atoms with E-state index in [1.54, 1.807) is 0 Å². The third-order valence-corrected chi connectivity index (χ3v) is 11.0. The van der Waals surface area contributed by atoms with Crippen molar-refractivity contribution in [2.24, 2.45) is 0 Å². The molecule has 0 amide bonds. The molecule has 63 heavy (non-hydrogen) atoms. The Kier molecular flexibility index (Phi) is 14.3. The van der Waals surface area contributed by atoms with Crippen LogP contribution in [0.4, 0.5) is 5.69 Å². The first-order valence-electron chi connectivity index (χ1n) is 20.4. The van der Waals surface area contributed by atoms with Crippen LogP contribution in [0.3, 0.4) is 0 Å². The zero-order valence-corrected chi connectivity index (χ0v) is 34.9. The van der Waals surface area contributed by atoms with Crippen LogP contribution in [0, 0.1) is 24.7 Å². The highest BCUT2D eigenvalue weighted by Gasteiger charge is 2.24. The summed E-state index contributed by atoms with van der Waals surface area (Å²) in [5, 5.41) is 0. The predicted molar refractivity (Wildman–Crippen MR) is 273 cm³/mol. The maximum absolute atomic E-state index is 7.19. The largest absolute Gasteiger partial charge is 0.331 e. The van der Waals surface area contributed by atoms with Gasteiger partial charge in [-0.05, 0) is 67.2 Å². The van der Waals surface area contributed by atoms with Crippen molar-refractivity contribution in [2.45, 2.75) is 6.32 Å². The minimum Gasteiger partial charge on any atom is -0.331 e. The van der Waals surface area contributed by atoms with Gasteiger partial charge in [-0.15, -0.1) is 18.3 Å². The Bertz CT molecular complexity index is 2940. The average Bonchev–Trinajstić information content (AvgIpc) is 3.35. The molecule has 12 radical (unpaired) electrons. The molecular weight excluding hydrogens is 751 g/mol. The van der Waals surface area contributed by atoms with Crippen LogP contribution in [0.15, 0.2) is 221 Å². The molecule has 7 aromatic rings. The van der Waals surface area contributed by atoms with E-state index in [1.807, 2.05) is 138 Å². The molecule has 7 heteroatoms. The highest BCUT2D eigenvalue weighted by atomic mass is 15.1. The predicted octanol–water partition coefficient (Wildman–Crippen LogP) is 11.1. The van der Waals surface area contributed by atoms with E-state index in [-0.39, 0.29) is 45.9 Å². The van der Waals surface area contributed by atoms with Gasteiger partial charge in [0.25, 0.3) is 0 Å². The van der Waals surface area contributed by atoms with E-state index in [0.29, 0.717) is 22.4 Å². The van der Waals surface area contributed by atoms with E-state index in [1.165, 1.54) is 0 Å². The summed E-state index contributed by atoms with van der Waals surface area (Å²) in [4.78, 5) is 1.88. The van der Waals surface area contributed by atoms with Gasteiger partial charge in [-0.2, -0.15) is 0 Å². The number of hydrogen-bond donors (Lipinski definition) is 0. The molecule has 1 nitrogen and oxygen atoms in total. The fourth-order valence-electron chi connectivity index (χ4n) is 7.78. The minimum atomic E-state index is -0.0456. The van der Waals surface area contributed by atoms with Crippen LogP contribution in [0.1, 0.15) is 11.1 Å². The number of anilines is 1. The molecule has 0 spiro atoms. The summed E-state index contributed by atoms with van der Waals surface area (Å²) in [6.07, 6.45) is 12.5. The smallest absolute Gasteiger partial charge is 0.127 e. The molecule has 0 saturated heterocycles. The molecule has 0 aliphatic rings. The molecule has 0 atom stereocenters. The number of nitrogens with zero attached hydrogens (tertiary/aromatic N) is 1. The van der Waals surface area contributed by atoms with Crippen LogP contribution in [0.5, 0.6) is 0 Å². The Morgan fingerprint density at radius 3 is 1.49 bits per heavy atom. The zero-order chi connectivity index (χ0) is 44.3. The van der Waals surface area contributed by atoms with Crippen molar-refractivity contribution >= 4 is 63.9 Å². The molecule has 0 N–H and O–H groups in total. The summed E-state index contributed by atoms with van der Waals surface area (Å²) in [7, 11) is 41.3. The molecule has 0 aromatic heterocycles. The van der Waals surface area contributed by atoms with Gasteiger partial charge in [-0.1, -0.05) is 222 Å². The normalized spacial score (nSPS) is 12.7. The van der Waals surface area contributed by atoms with E-state index in [9.17, 15) is 0 Å². The third kappa shape index (κ3) is 9.66. The van der Waals surface area contributed by atoms with Crippen molar-refractivity contribution in [3.8, 4) is 69.2 Å². The van der Waals surface area contributed by atoms with Crippen LogP contribution in [0.2, 0.25) is 6.32 Å². The molecule has 7 aromatic carbocycles. The quantitative estimate of drug-likeness (QED) is 0.0639. The van der Waals surface area contributed by atoms with E-state index < -0.39 is 0 Å². The molecule has 0 aliphatic carbocycles. The maximum atomic E-state index is 7.19. The van der Waals surface area contributed by atoms with Crippen LogP contribution in [0.25, 0.3) is 55.7 Å². The number of terminal acetylenes is 2. The second-order valence-corrected chi connectivity index (χ2v) is 14.7. The number of benzene rings is 7. The first kappa shape index (κ1) is 43.9. The summed E-state index contributed by atoms with van der Waals surface area (Å²) >= 11 is 0. The van der Waals surface area contributed by atoms with Gasteiger partial charge in [0.05, 0.1) is 19.2 Å². The number of allylic oxidation sites excluding steroid dienone is 7. The first-order valence-corrected chi connectivity index (χ1v) is 20.4. The Balaban J connectivity index is 1.51. The van der Waals surface area contributed by atoms with E-state index >= 15 is 0 Å². The molecule has 0 aliphatic heterocycles. The molecule has 0 bridgehead atoms. The lowest BCUT2D eigenvalue weighted by molar-refractivity contribution is 1.03. The SMILES string of the molecule is [B]C/C(=C([B])\C([B])=C(/C#C)N(C/C([B])=C([B])\C(=C(\[B])C#C)c1ccccc1)c1cccc(-c2ccccc2)c1-c1ccccc1-c1ccccc1)c1ccc(-c2ccccc2)cc1. The van der Waals surface area contributed by atoms with Gasteiger partial charge in [0.2, 0.25) is 0 Å². The van der Waals surface area contributed by atoms with Crippen molar-refractivity contribution in [2.75, 3.05) is 11.4 Å². The van der Waals surface area contributed by atoms with Crippen molar-refractivity contribution in [1.29, 1.82) is 0 Å². The Labute approximate surface area is 381 Å². The number of rotatable bonds is 13. The molecule has 284 valence electrons. The Hall–Kier alpha value is -7.19. The fraction of sp³-hybridized carbons (Fsp3) is 0.0357. The van der Waals surface area contributed by atoms with Crippen LogP contribution in [-0.4, -0.2) is 53.6 Å². The highest BCUT2D eigenvalue weighted by molar-refractivity contribution is 6.42. The maximum Gasteiger partial charge on any atom is 0.127 e. The van der Waals surface area contributed by atoms with Gasteiger partial charge in [-0.25, -0.2) is 0 Å². The molecule has 7 rings (SSSR count). The van der Waals surface area contributed by atoms with Crippen LogP contribution >= 0.6 is 0 Å². The summed E-state index contributed by atoms with van der Waals surface area (Å²) in [5.74, 6) is 5.46. The Morgan fingerprint density at radius 1 is 0.444 bits per heavy atom. The first-order chi connectivity index (χ1) is 30.7. The van der Waals surface area contributed by atoms with Crippen molar-refractivity contribution < 1.29 is 0 Å². The fourth-order valence-corrected chi connectivity index (χ4v) is 7.78. The topological polar surface area (TPSA) is 3.24 Å². The third-order valence-electron chi connectivity index (χ3n) is 11.0. The standard InChI is InChI=1S/C56H37B6N/c1-3-48(58)52(43-26-15-8-16-27-43)55(61)49(59)37-63(50(4-2)56(62)54(60)47(36-57)42-34-32-39(33-35-42)38-20-9-5-10-21-38)51-31-19-30-45(41-24-13-7-14-25-41)53(51)46-29-18-17-28-44(46)40-22-11-6-12-23-40/h1-2,5-35H,36-37H2/b52-48+,54-47-,55-49-,56-50-. The summed E-state index contributed by atoms with van der Waals surface area (Å²) < 4.78 is 0. The zero-order valence-electron chi connectivity index (χ0n) is 34.9. The Morgan fingerprint density at radius 2 is 0.937 bits per heavy atom. The number of hydrogen-bond acceptors (Lipinski definition) is 1. The van der Waals surface area contributed by atoms with Gasteiger partial charge in [0.15, 0.2) is 0 Å². The van der Waals surface area contributed by atoms with Crippen molar-refractivity contribution in [3.63, 3.8) is 0 Å².